The zero-order chi connectivity index (χ0) is 19.3. The lowest BCUT2D eigenvalue weighted by atomic mass is 10.1. The van der Waals surface area contributed by atoms with E-state index in [4.69, 9.17) is 0 Å². The van der Waals surface area contributed by atoms with Crippen molar-refractivity contribution in [2.45, 2.75) is 19.6 Å². The van der Waals surface area contributed by atoms with Crippen LogP contribution >= 0.6 is 0 Å². The summed E-state index contributed by atoms with van der Waals surface area (Å²) in [4.78, 5) is 24.2. The van der Waals surface area contributed by atoms with Gasteiger partial charge in [-0.3, -0.25) is 9.59 Å². The monoisotopic (exact) mass is 368 g/mol. The lowest BCUT2D eigenvalue weighted by molar-refractivity contribution is -0.185. The number of nitrogens with one attached hydrogen (secondary N) is 1. The second-order valence-corrected chi connectivity index (χ2v) is 5.48. The number of halogens is 4. The number of carbonyl (C=O) groups excluding carboxylic acids is 2. The number of alkyl halides is 3. The van der Waals surface area contributed by atoms with Crippen LogP contribution in [-0.4, -0.2) is 29.4 Å². The average molecular weight is 368 g/mol. The molecule has 2 aromatic rings. The number of rotatable bonds is 5. The topological polar surface area (TPSA) is 49.4 Å². The van der Waals surface area contributed by atoms with Crippen LogP contribution in [0.4, 0.5) is 23.2 Å². The molecule has 0 radical (unpaired) electrons. The summed E-state index contributed by atoms with van der Waals surface area (Å²) in [6, 6.07) is 11.1. The fourth-order valence-corrected chi connectivity index (χ4v) is 2.28. The number of nitrogens with zero attached hydrogens (tertiary/aromatic N) is 1. The quantitative estimate of drug-likeness (QED) is 0.812. The largest absolute Gasteiger partial charge is 0.471 e. The number of hydrogen-bond acceptors (Lipinski definition) is 2. The van der Waals surface area contributed by atoms with Crippen molar-refractivity contribution >= 4 is 17.5 Å². The highest BCUT2D eigenvalue weighted by molar-refractivity contribution is 6.04. The van der Waals surface area contributed by atoms with Gasteiger partial charge in [0.1, 0.15) is 5.82 Å². The van der Waals surface area contributed by atoms with E-state index in [1.54, 1.807) is 18.2 Å². The Labute approximate surface area is 147 Å². The highest BCUT2D eigenvalue weighted by Crippen LogP contribution is 2.21. The molecular formula is C18H16F4N2O2. The Kier molecular flexibility index (Phi) is 5.97. The van der Waals surface area contributed by atoms with E-state index in [1.807, 2.05) is 0 Å². The van der Waals surface area contributed by atoms with Crippen molar-refractivity contribution in [3.63, 3.8) is 0 Å². The summed E-state index contributed by atoms with van der Waals surface area (Å²) in [5, 5.41) is 2.58. The summed E-state index contributed by atoms with van der Waals surface area (Å²) < 4.78 is 50.6. The molecule has 0 aliphatic carbocycles. The summed E-state index contributed by atoms with van der Waals surface area (Å²) >= 11 is 0. The lowest BCUT2D eigenvalue weighted by Gasteiger charge is -2.22. The van der Waals surface area contributed by atoms with E-state index in [9.17, 15) is 27.2 Å². The molecule has 0 aliphatic rings. The Morgan fingerprint density at radius 3 is 2.31 bits per heavy atom. The van der Waals surface area contributed by atoms with E-state index in [0.717, 1.165) is 12.1 Å². The van der Waals surface area contributed by atoms with Crippen LogP contribution in [0.5, 0.6) is 0 Å². The van der Waals surface area contributed by atoms with E-state index in [-0.39, 0.29) is 18.7 Å². The van der Waals surface area contributed by atoms with Crippen LogP contribution < -0.4 is 5.32 Å². The highest BCUT2D eigenvalue weighted by atomic mass is 19.4. The molecule has 0 atom stereocenters. The zero-order valence-corrected chi connectivity index (χ0v) is 13.8. The predicted octanol–water partition coefficient (Wildman–Crippen LogP) is 3.99. The number of amides is 2. The third-order valence-corrected chi connectivity index (χ3v) is 3.58. The molecule has 0 spiro atoms. The zero-order valence-electron chi connectivity index (χ0n) is 13.8. The summed E-state index contributed by atoms with van der Waals surface area (Å²) in [6.45, 7) is 1.10. The molecule has 0 bridgehead atoms. The molecule has 0 saturated heterocycles. The fourth-order valence-electron chi connectivity index (χ4n) is 2.28. The Bertz CT molecular complexity index is 789. The van der Waals surface area contributed by atoms with E-state index < -0.39 is 23.8 Å². The van der Waals surface area contributed by atoms with Gasteiger partial charge in [0.05, 0.1) is 0 Å². The molecule has 0 heterocycles. The molecular weight excluding hydrogens is 352 g/mol. The van der Waals surface area contributed by atoms with Crippen molar-refractivity contribution in [1.82, 2.24) is 4.90 Å². The maximum absolute atomic E-state index is 12.9. The fraction of sp³-hybridized carbons (Fsp3) is 0.222. The molecule has 0 saturated carbocycles. The molecule has 2 aromatic carbocycles. The molecule has 2 amide bonds. The molecule has 4 nitrogen and oxygen atoms in total. The third-order valence-electron chi connectivity index (χ3n) is 3.58. The molecule has 0 aromatic heterocycles. The first-order chi connectivity index (χ1) is 12.2. The van der Waals surface area contributed by atoms with E-state index >= 15 is 0 Å². The van der Waals surface area contributed by atoms with Crippen molar-refractivity contribution in [3.05, 3.63) is 65.5 Å². The van der Waals surface area contributed by atoms with Crippen LogP contribution in [-0.2, 0) is 11.3 Å². The number of carbonyl (C=O) groups is 2. The minimum absolute atomic E-state index is 0.107. The van der Waals surface area contributed by atoms with Crippen LogP contribution in [0.3, 0.4) is 0 Å². The van der Waals surface area contributed by atoms with Gasteiger partial charge in [0.15, 0.2) is 0 Å². The van der Waals surface area contributed by atoms with Gasteiger partial charge in [0, 0.05) is 24.3 Å². The van der Waals surface area contributed by atoms with Gasteiger partial charge in [0.2, 0.25) is 0 Å². The Morgan fingerprint density at radius 1 is 1.08 bits per heavy atom. The number of anilines is 1. The Hall–Kier alpha value is -2.90. The molecule has 8 heteroatoms. The van der Waals surface area contributed by atoms with Gasteiger partial charge in [-0.05, 0) is 48.9 Å². The van der Waals surface area contributed by atoms with Crippen molar-refractivity contribution in [3.8, 4) is 0 Å². The van der Waals surface area contributed by atoms with Crippen molar-refractivity contribution < 1.29 is 27.2 Å². The number of benzene rings is 2. The van der Waals surface area contributed by atoms with Crippen molar-refractivity contribution in [2.24, 2.45) is 0 Å². The summed E-state index contributed by atoms with van der Waals surface area (Å²) in [7, 11) is 0. The second-order valence-electron chi connectivity index (χ2n) is 5.48. The predicted molar refractivity (Wildman–Crippen MR) is 87.9 cm³/mol. The van der Waals surface area contributed by atoms with Crippen LogP contribution in [0.2, 0.25) is 0 Å². The van der Waals surface area contributed by atoms with Crippen LogP contribution in [0.15, 0.2) is 48.5 Å². The van der Waals surface area contributed by atoms with Crippen LogP contribution in [0.25, 0.3) is 0 Å². The number of hydrogen-bond donors (Lipinski definition) is 1. The van der Waals surface area contributed by atoms with E-state index in [2.05, 4.69) is 5.32 Å². The summed E-state index contributed by atoms with van der Waals surface area (Å²) in [5.74, 6) is -2.88. The summed E-state index contributed by atoms with van der Waals surface area (Å²) in [6.07, 6.45) is -4.94. The Morgan fingerprint density at radius 2 is 1.73 bits per heavy atom. The molecule has 1 N–H and O–H groups in total. The molecule has 0 unspecified atom stereocenters. The normalized spacial score (nSPS) is 11.1. The smallest absolute Gasteiger partial charge is 0.331 e. The van der Waals surface area contributed by atoms with Gasteiger partial charge in [-0.15, -0.1) is 0 Å². The SMILES string of the molecule is CCN(Cc1cccc(NC(=O)c2ccc(F)cc2)c1)C(=O)C(F)(F)F. The van der Waals surface area contributed by atoms with E-state index in [0.29, 0.717) is 16.2 Å². The van der Waals surface area contributed by atoms with Gasteiger partial charge in [0.25, 0.3) is 5.91 Å². The minimum Gasteiger partial charge on any atom is -0.331 e. The first-order valence-electron chi connectivity index (χ1n) is 7.72. The lowest BCUT2D eigenvalue weighted by Crippen LogP contribution is -2.40. The highest BCUT2D eigenvalue weighted by Gasteiger charge is 2.41. The molecule has 138 valence electrons. The van der Waals surface area contributed by atoms with Gasteiger partial charge in [-0.2, -0.15) is 13.2 Å². The molecule has 26 heavy (non-hydrogen) atoms. The average Bonchev–Trinajstić information content (AvgIpc) is 2.59. The molecule has 2 rings (SSSR count). The van der Waals surface area contributed by atoms with Gasteiger partial charge < -0.3 is 10.2 Å². The minimum atomic E-state index is -4.94. The standard InChI is InChI=1S/C18H16F4N2O2/c1-2-24(17(26)18(20,21)22)11-12-4-3-5-15(10-12)23-16(25)13-6-8-14(19)9-7-13/h3-10H,2,11H2,1H3,(H,23,25). The van der Waals surface area contributed by atoms with E-state index in [1.165, 1.54) is 25.1 Å². The second kappa shape index (κ2) is 7.99. The third kappa shape index (κ3) is 5.05. The van der Waals surface area contributed by atoms with Gasteiger partial charge >= 0.3 is 12.1 Å². The first kappa shape index (κ1) is 19.4. The van der Waals surface area contributed by atoms with Gasteiger partial charge in [-0.1, -0.05) is 12.1 Å². The maximum atomic E-state index is 12.9. The maximum Gasteiger partial charge on any atom is 0.471 e. The van der Waals surface area contributed by atoms with Gasteiger partial charge in [-0.25, -0.2) is 4.39 Å². The van der Waals surface area contributed by atoms with Crippen molar-refractivity contribution in [2.75, 3.05) is 11.9 Å². The molecule has 0 aliphatic heterocycles. The Balaban J connectivity index is 2.10. The molecule has 0 fully saturated rings. The van der Waals surface area contributed by atoms with Crippen LogP contribution in [0.1, 0.15) is 22.8 Å². The van der Waals surface area contributed by atoms with Crippen molar-refractivity contribution in [1.29, 1.82) is 0 Å². The summed E-state index contributed by atoms with van der Waals surface area (Å²) in [5.41, 5.74) is 1.02. The van der Waals surface area contributed by atoms with Crippen LogP contribution in [0, 0.1) is 5.82 Å². The first-order valence-corrected chi connectivity index (χ1v) is 7.72.